The zero-order chi connectivity index (χ0) is 26.6. The van der Waals surface area contributed by atoms with Crippen LogP contribution >= 0.6 is 0 Å². The van der Waals surface area contributed by atoms with Crippen molar-refractivity contribution in [1.82, 2.24) is 0 Å². The largest absolute Gasteiger partial charge is 0.541 e. The van der Waals surface area contributed by atoms with Gasteiger partial charge in [-0.25, -0.2) is 0 Å². The van der Waals surface area contributed by atoms with Gasteiger partial charge < -0.3 is 18.3 Å². The molecule has 1 atom stereocenters. The Labute approximate surface area is 211 Å². The third-order valence-corrected chi connectivity index (χ3v) is 18.0. The normalized spacial score (nSPS) is 14.0. The van der Waals surface area contributed by atoms with E-state index in [1.54, 1.807) is 14.2 Å². The summed E-state index contributed by atoms with van der Waals surface area (Å²) in [6.45, 7) is 26.3. The van der Waals surface area contributed by atoms with E-state index in [0.717, 1.165) is 5.56 Å². The molecule has 0 aliphatic heterocycles. The van der Waals surface area contributed by atoms with Crippen molar-refractivity contribution in [2.75, 3.05) is 14.2 Å². The molecule has 1 rings (SSSR count). The van der Waals surface area contributed by atoms with Crippen LogP contribution in [0.25, 0.3) is 0 Å². The van der Waals surface area contributed by atoms with Gasteiger partial charge in [0.2, 0.25) is 14.1 Å². The minimum atomic E-state index is -2.32. The predicted molar refractivity (Wildman–Crippen MR) is 148 cm³/mol. The first-order valence-electron chi connectivity index (χ1n) is 12.6. The molecule has 0 N–H and O–H groups in total. The zero-order valence-corrected chi connectivity index (χ0v) is 26.2. The molecule has 0 bridgehead atoms. The van der Waals surface area contributed by atoms with Crippen LogP contribution < -0.4 is 13.9 Å². The average molecular weight is 511 g/mol. The van der Waals surface area contributed by atoms with Crippen LogP contribution in [0.4, 0.5) is 0 Å². The molecule has 0 aliphatic rings. The number of benzene rings is 1. The van der Waals surface area contributed by atoms with Gasteiger partial charge in [0.1, 0.15) is 6.10 Å². The van der Waals surface area contributed by atoms with Crippen LogP contribution in [0.15, 0.2) is 12.1 Å². The topological polar surface area (TPSA) is 54.0 Å². The van der Waals surface area contributed by atoms with Crippen molar-refractivity contribution in [3.8, 4) is 17.2 Å². The first kappa shape index (κ1) is 30.7. The molecular weight excluding hydrogens is 460 g/mol. The molecule has 0 aliphatic carbocycles. The van der Waals surface area contributed by atoms with Crippen molar-refractivity contribution in [1.29, 1.82) is 0 Å². The van der Waals surface area contributed by atoms with Crippen LogP contribution in [0.5, 0.6) is 17.2 Å². The van der Waals surface area contributed by atoms with Gasteiger partial charge in [-0.3, -0.25) is 4.79 Å². The fourth-order valence-corrected chi connectivity index (χ4v) is 11.2. The van der Waals surface area contributed by atoms with Crippen molar-refractivity contribution in [3.63, 3.8) is 0 Å². The molecular formula is C27H50O5Si2. The highest BCUT2D eigenvalue weighted by Crippen LogP contribution is 2.48. The number of rotatable bonds is 12. The van der Waals surface area contributed by atoms with E-state index in [2.05, 4.69) is 75.4 Å². The number of hydrogen-bond acceptors (Lipinski definition) is 5. The number of Topliss-reactive ketones (excluding diaryl/α,β-unsaturated/α-hetero) is 1. The summed E-state index contributed by atoms with van der Waals surface area (Å²) < 4.78 is 25.1. The van der Waals surface area contributed by atoms with Gasteiger partial charge in [0, 0.05) is 6.42 Å². The van der Waals surface area contributed by atoms with Gasteiger partial charge in [-0.2, -0.15) is 0 Å². The Morgan fingerprint density at radius 1 is 0.882 bits per heavy atom. The lowest BCUT2D eigenvalue weighted by molar-refractivity contribution is -0.126. The molecule has 0 spiro atoms. The summed E-state index contributed by atoms with van der Waals surface area (Å²) in [6, 6.07) is 3.83. The van der Waals surface area contributed by atoms with E-state index in [4.69, 9.17) is 18.3 Å². The summed E-state index contributed by atoms with van der Waals surface area (Å²) in [6.07, 6.45) is -0.263. The minimum Gasteiger partial charge on any atom is -0.541 e. The van der Waals surface area contributed by atoms with E-state index >= 15 is 0 Å². The SMILES string of the molecule is CCC(=O)[C@H](O[Si](C(C)C)(C(C)C)C(C)C)c1cc(OC)c(OC)c(O[Si](C)(C)C(C)(C)C)c1. The van der Waals surface area contributed by atoms with Gasteiger partial charge in [0.05, 0.1) is 14.2 Å². The van der Waals surface area contributed by atoms with Gasteiger partial charge in [-0.15, -0.1) is 0 Å². The van der Waals surface area contributed by atoms with Crippen molar-refractivity contribution in [3.05, 3.63) is 17.7 Å². The smallest absolute Gasteiger partial charge is 0.250 e. The summed E-state index contributed by atoms with van der Waals surface area (Å²) in [7, 11) is -1.26. The molecule has 0 unspecified atom stereocenters. The van der Waals surface area contributed by atoms with Gasteiger partial charge in [-0.1, -0.05) is 69.2 Å². The Kier molecular flexibility index (Phi) is 10.5. The lowest BCUT2D eigenvalue weighted by Gasteiger charge is -2.44. The standard InChI is InChI=1S/C27H50O5Si2/c1-15-22(28)25(32-34(18(2)3,19(4)5)20(6)7)21-16-23(29-11)26(30-12)24(17-21)31-33(13,14)27(8,9)10/h16-20,25H,15H2,1-14H3/t25-/m1/s1. The Bertz CT molecular complexity index is 803. The zero-order valence-electron chi connectivity index (χ0n) is 24.2. The van der Waals surface area contributed by atoms with Crippen molar-refractivity contribution in [2.45, 2.75) is 117 Å². The Hall–Kier alpha value is -1.32. The Morgan fingerprint density at radius 2 is 1.35 bits per heavy atom. The van der Waals surface area contributed by atoms with Crippen LogP contribution in [-0.2, 0) is 9.22 Å². The molecule has 34 heavy (non-hydrogen) atoms. The fraction of sp³-hybridized carbons (Fsp3) is 0.741. The van der Waals surface area contributed by atoms with Crippen molar-refractivity contribution in [2.24, 2.45) is 0 Å². The molecule has 0 amide bonds. The number of carbonyl (C=O) groups excluding carboxylic acids is 1. The summed E-state index contributed by atoms with van der Waals surface area (Å²) in [5.74, 6) is 1.80. The fourth-order valence-electron chi connectivity index (χ4n) is 4.72. The molecule has 1 aromatic carbocycles. The van der Waals surface area contributed by atoms with E-state index in [1.807, 2.05) is 19.1 Å². The first-order valence-corrected chi connectivity index (χ1v) is 17.7. The maximum absolute atomic E-state index is 13.4. The molecule has 0 saturated carbocycles. The van der Waals surface area contributed by atoms with Crippen molar-refractivity contribution < 1.29 is 23.1 Å². The molecule has 0 heterocycles. The van der Waals surface area contributed by atoms with E-state index in [1.165, 1.54) is 0 Å². The van der Waals surface area contributed by atoms with Crippen LogP contribution in [-0.4, -0.2) is 36.6 Å². The summed E-state index contributed by atoms with van der Waals surface area (Å²) in [5.41, 5.74) is 1.87. The molecule has 0 radical (unpaired) electrons. The van der Waals surface area contributed by atoms with E-state index in [-0.39, 0.29) is 10.8 Å². The van der Waals surface area contributed by atoms with Crippen LogP contribution in [0.2, 0.25) is 34.8 Å². The first-order chi connectivity index (χ1) is 15.5. The second-order valence-corrected chi connectivity index (χ2v) is 21.9. The highest BCUT2D eigenvalue weighted by atomic mass is 28.4. The molecule has 0 fully saturated rings. The number of ether oxygens (including phenoxy) is 2. The van der Waals surface area contributed by atoms with Crippen LogP contribution in [0.1, 0.15) is 87.3 Å². The van der Waals surface area contributed by atoms with Gasteiger partial charge in [-0.05, 0) is 52.5 Å². The van der Waals surface area contributed by atoms with E-state index in [0.29, 0.717) is 40.3 Å². The predicted octanol–water partition coefficient (Wildman–Crippen LogP) is 8.30. The second-order valence-electron chi connectivity index (χ2n) is 11.8. The maximum Gasteiger partial charge on any atom is 0.250 e. The number of methoxy groups -OCH3 is 2. The number of hydrogen-bond donors (Lipinski definition) is 0. The van der Waals surface area contributed by atoms with E-state index in [9.17, 15) is 4.79 Å². The third-order valence-electron chi connectivity index (χ3n) is 7.61. The summed E-state index contributed by atoms with van der Waals surface area (Å²) in [4.78, 5) is 13.4. The maximum atomic E-state index is 13.4. The summed E-state index contributed by atoms with van der Waals surface area (Å²) in [5, 5.41) is 0.00534. The minimum absolute atomic E-state index is 0.00534. The Morgan fingerprint density at radius 3 is 1.71 bits per heavy atom. The summed E-state index contributed by atoms with van der Waals surface area (Å²) >= 11 is 0. The van der Waals surface area contributed by atoms with E-state index < -0.39 is 22.7 Å². The van der Waals surface area contributed by atoms with Gasteiger partial charge in [0.15, 0.2) is 17.3 Å². The third kappa shape index (κ3) is 6.27. The number of carbonyl (C=O) groups is 1. The molecule has 0 aromatic heterocycles. The Balaban J connectivity index is 3.80. The molecule has 5 nitrogen and oxygen atoms in total. The molecule has 7 heteroatoms. The highest BCUT2D eigenvalue weighted by molar-refractivity contribution is 6.77. The average Bonchev–Trinajstić information content (AvgIpc) is 2.71. The number of ketones is 1. The van der Waals surface area contributed by atoms with Crippen LogP contribution in [0.3, 0.4) is 0 Å². The van der Waals surface area contributed by atoms with Gasteiger partial charge >= 0.3 is 0 Å². The highest BCUT2D eigenvalue weighted by Gasteiger charge is 2.48. The molecule has 0 saturated heterocycles. The quantitative estimate of drug-likeness (QED) is 0.265. The second kappa shape index (κ2) is 11.6. The lowest BCUT2D eigenvalue weighted by Crippen LogP contribution is -2.49. The molecule has 196 valence electrons. The lowest BCUT2D eigenvalue weighted by atomic mass is 10.0. The monoisotopic (exact) mass is 510 g/mol. The van der Waals surface area contributed by atoms with Crippen LogP contribution in [0, 0.1) is 0 Å². The molecule has 1 aromatic rings. The van der Waals surface area contributed by atoms with Crippen molar-refractivity contribution >= 4 is 22.4 Å². The van der Waals surface area contributed by atoms with Gasteiger partial charge in [0.25, 0.3) is 8.32 Å².